The van der Waals surface area contributed by atoms with Crippen LogP contribution in [0.25, 0.3) is 0 Å². The van der Waals surface area contributed by atoms with Gasteiger partial charge in [-0.2, -0.15) is 4.98 Å². The van der Waals surface area contributed by atoms with Crippen LogP contribution in [-0.2, 0) is 13.2 Å². The van der Waals surface area contributed by atoms with Crippen LogP contribution in [0.5, 0.6) is 11.5 Å². The first-order valence-electron chi connectivity index (χ1n) is 5.93. The lowest BCUT2D eigenvalue weighted by Gasteiger charge is -2.11. The molecular weight excluding hydrogens is 282 g/mol. The number of hydrogen-bond donors (Lipinski definition) is 1. The molecule has 2 aromatic rings. The molecule has 0 saturated carbocycles. The highest BCUT2D eigenvalue weighted by molar-refractivity contribution is 5.54. The van der Waals surface area contributed by atoms with E-state index >= 15 is 0 Å². The van der Waals surface area contributed by atoms with Crippen molar-refractivity contribution in [1.29, 1.82) is 0 Å². The second-order valence-electron chi connectivity index (χ2n) is 4.07. The summed E-state index contributed by atoms with van der Waals surface area (Å²) >= 11 is 0. The van der Waals surface area contributed by atoms with E-state index in [0.29, 0.717) is 11.7 Å². The number of hydrogen-bond acceptors (Lipinski definition) is 8. The van der Waals surface area contributed by atoms with Crippen molar-refractivity contribution in [3.63, 3.8) is 0 Å². The van der Waals surface area contributed by atoms with Crippen molar-refractivity contribution in [2.24, 2.45) is 0 Å². The van der Waals surface area contributed by atoms with Crippen LogP contribution in [-0.4, -0.2) is 27.3 Å². The summed E-state index contributed by atoms with van der Waals surface area (Å²) in [4.78, 5) is 14.3. The summed E-state index contributed by atoms with van der Waals surface area (Å²) in [5.74, 6) is 1.12. The maximum Gasteiger partial charge on any atom is 0.278 e. The zero-order chi connectivity index (χ0) is 15.4. The van der Waals surface area contributed by atoms with Crippen molar-refractivity contribution < 1.29 is 24.0 Å². The van der Waals surface area contributed by atoms with E-state index in [1.54, 1.807) is 6.92 Å². The standard InChI is InChI=1S/C12H13N3O6/c1-7-13-12(14-21-7)6-20-11-4-9(15(17)18)8(5-16)3-10(11)19-2/h3-4,16H,5-6H2,1-2H3. The molecule has 0 fully saturated rings. The number of nitro groups is 1. The molecule has 0 saturated heterocycles. The molecule has 0 spiro atoms. The van der Waals surface area contributed by atoms with Crippen LogP contribution in [0.3, 0.4) is 0 Å². The molecule has 2 rings (SSSR count). The maximum absolute atomic E-state index is 11.0. The predicted octanol–water partition coefficient (Wildman–Crippen LogP) is 1.37. The van der Waals surface area contributed by atoms with Crippen LogP contribution in [0.15, 0.2) is 16.7 Å². The van der Waals surface area contributed by atoms with Gasteiger partial charge in [-0.1, -0.05) is 5.16 Å². The van der Waals surface area contributed by atoms with Gasteiger partial charge in [-0.3, -0.25) is 10.1 Å². The van der Waals surface area contributed by atoms with Gasteiger partial charge in [0.2, 0.25) is 11.7 Å². The van der Waals surface area contributed by atoms with Crippen LogP contribution in [0.2, 0.25) is 0 Å². The van der Waals surface area contributed by atoms with E-state index in [2.05, 4.69) is 10.1 Å². The Morgan fingerprint density at radius 2 is 2.19 bits per heavy atom. The van der Waals surface area contributed by atoms with Crippen molar-refractivity contribution in [3.8, 4) is 11.5 Å². The Morgan fingerprint density at radius 1 is 1.43 bits per heavy atom. The van der Waals surface area contributed by atoms with Gasteiger partial charge in [0.1, 0.15) is 0 Å². The molecule has 0 aliphatic rings. The summed E-state index contributed by atoms with van der Waals surface area (Å²) in [5.41, 5.74) is -0.114. The van der Waals surface area contributed by atoms with E-state index in [0.717, 1.165) is 0 Å². The number of nitro benzene ring substituents is 1. The highest BCUT2D eigenvalue weighted by Gasteiger charge is 2.19. The largest absolute Gasteiger partial charge is 0.493 e. The third-order valence-corrected chi connectivity index (χ3v) is 2.66. The van der Waals surface area contributed by atoms with Gasteiger partial charge in [-0.25, -0.2) is 0 Å². The van der Waals surface area contributed by atoms with Crippen molar-refractivity contribution in [1.82, 2.24) is 10.1 Å². The highest BCUT2D eigenvalue weighted by Crippen LogP contribution is 2.35. The molecule has 0 aliphatic heterocycles. The second-order valence-corrected chi connectivity index (χ2v) is 4.07. The van der Waals surface area contributed by atoms with Gasteiger partial charge in [-0.15, -0.1) is 0 Å². The Bertz CT molecular complexity index is 654. The molecule has 0 radical (unpaired) electrons. The van der Waals surface area contributed by atoms with Crippen LogP contribution < -0.4 is 9.47 Å². The van der Waals surface area contributed by atoms with E-state index in [-0.39, 0.29) is 29.4 Å². The van der Waals surface area contributed by atoms with Gasteiger partial charge in [0, 0.05) is 6.92 Å². The van der Waals surface area contributed by atoms with Crippen LogP contribution in [0.4, 0.5) is 5.69 Å². The van der Waals surface area contributed by atoms with Gasteiger partial charge in [0.15, 0.2) is 18.1 Å². The molecule has 1 heterocycles. The minimum Gasteiger partial charge on any atom is -0.493 e. The molecule has 9 nitrogen and oxygen atoms in total. The summed E-state index contributed by atoms with van der Waals surface area (Å²) in [6.07, 6.45) is 0. The Morgan fingerprint density at radius 3 is 2.71 bits per heavy atom. The molecule has 0 aliphatic carbocycles. The molecule has 0 unspecified atom stereocenters. The molecule has 9 heteroatoms. The first-order chi connectivity index (χ1) is 10.0. The molecule has 0 atom stereocenters. The van der Waals surface area contributed by atoms with Gasteiger partial charge in [0.25, 0.3) is 5.69 Å². The van der Waals surface area contributed by atoms with Crippen molar-refractivity contribution in [3.05, 3.63) is 39.5 Å². The fraction of sp³-hybridized carbons (Fsp3) is 0.333. The van der Waals surface area contributed by atoms with Gasteiger partial charge >= 0.3 is 0 Å². The number of methoxy groups -OCH3 is 1. The SMILES string of the molecule is COc1cc(CO)c([N+](=O)[O-])cc1OCc1noc(C)n1. The van der Waals surface area contributed by atoms with Crippen LogP contribution in [0.1, 0.15) is 17.3 Å². The Labute approximate surface area is 119 Å². The Hall–Kier alpha value is -2.68. The summed E-state index contributed by atoms with van der Waals surface area (Å²) < 4.78 is 15.3. The summed E-state index contributed by atoms with van der Waals surface area (Å²) in [7, 11) is 1.40. The third kappa shape index (κ3) is 3.26. The average molecular weight is 295 g/mol. The molecule has 1 aromatic carbocycles. The first-order valence-corrected chi connectivity index (χ1v) is 5.93. The van der Waals surface area contributed by atoms with E-state index in [9.17, 15) is 10.1 Å². The van der Waals surface area contributed by atoms with Crippen molar-refractivity contribution in [2.75, 3.05) is 7.11 Å². The lowest BCUT2D eigenvalue weighted by atomic mass is 10.1. The van der Waals surface area contributed by atoms with Gasteiger partial charge in [-0.05, 0) is 6.07 Å². The third-order valence-electron chi connectivity index (χ3n) is 2.66. The summed E-state index contributed by atoms with van der Waals surface area (Å²) in [6, 6.07) is 2.55. The average Bonchev–Trinajstić information content (AvgIpc) is 2.89. The Kier molecular flexibility index (Phi) is 4.33. The normalized spacial score (nSPS) is 10.4. The van der Waals surface area contributed by atoms with E-state index < -0.39 is 11.5 Å². The quantitative estimate of drug-likeness (QED) is 0.626. The second kappa shape index (κ2) is 6.18. The minimum atomic E-state index is -0.601. The fourth-order valence-corrected chi connectivity index (χ4v) is 1.70. The highest BCUT2D eigenvalue weighted by atomic mass is 16.6. The molecule has 112 valence electrons. The lowest BCUT2D eigenvalue weighted by Crippen LogP contribution is -2.02. The number of aliphatic hydroxyl groups is 1. The Balaban J connectivity index is 2.28. The lowest BCUT2D eigenvalue weighted by molar-refractivity contribution is -0.386. The number of ether oxygens (including phenoxy) is 2. The zero-order valence-corrected chi connectivity index (χ0v) is 11.4. The predicted molar refractivity (Wildman–Crippen MR) is 68.9 cm³/mol. The first kappa shape index (κ1) is 14.7. The van der Waals surface area contributed by atoms with Gasteiger partial charge in [0.05, 0.1) is 30.3 Å². The molecule has 1 aromatic heterocycles. The van der Waals surface area contributed by atoms with Crippen molar-refractivity contribution >= 4 is 5.69 Å². The molecule has 1 N–H and O–H groups in total. The van der Waals surface area contributed by atoms with E-state index in [1.165, 1.54) is 19.2 Å². The fourth-order valence-electron chi connectivity index (χ4n) is 1.70. The topological polar surface area (TPSA) is 121 Å². The van der Waals surface area contributed by atoms with Crippen molar-refractivity contribution in [2.45, 2.75) is 20.1 Å². The maximum atomic E-state index is 11.0. The zero-order valence-electron chi connectivity index (χ0n) is 11.4. The van der Waals surface area contributed by atoms with Crippen LogP contribution in [0, 0.1) is 17.0 Å². The van der Waals surface area contributed by atoms with Gasteiger partial charge < -0.3 is 19.1 Å². The number of aliphatic hydroxyl groups excluding tert-OH is 1. The van der Waals surface area contributed by atoms with E-state index in [1.807, 2.05) is 0 Å². The molecule has 0 amide bonds. The number of nitrogens with zero attached hydrogens (tertiary/aromatic N) is 3. The molecular formula is C12H13N3O6. The minimum absolute atomic E-state index is 0.0245. The summed E-state index contributed by atoms with van der Waals surface area (Å²) in [5, 5.41) is 23.8. The summed E-state index contributed by atoms with van der Waals surface area (Å²) in [6.45, 7) is 1.14. The van der Waals surface area contributed by atoms with Crippen LogP contribution >= 0.6 is 0 Å². The monoisotopic (exact) mass is 295 g/mol. The number of benzene rings is 1. The van der Waals surface area contributed by atoms with E-state index in [4.69, 9.17) is 19.1 Å². The number of rotatable bonds is 6. The molecule has 0 bridgehead atoms. The number of aryl methyl sites for hydroxylation is 1. The smallest absolute Gasteiger partial charge is 0.278 e. The number of aromatic nitrogens is 2. The molecule has 21 heavy (non-hydrogen) atoms.